The van der Waals surface area contributed by atoms with E-state index in [2.05, 4.69) is 4.90 Å². The smallest absolute Gasteiger partial charge is 0.252 e. The Balaban J connectivity index is 1.48. The maximum Gasteiger partial charge on any atom is 0.252 e. The average molecular weight is 372 g/mol. The van der Waals surface area contributed by atoms with Crippen molar-refractivity contribution >= 4 is 11.6 Å². The van der Waals surface area contributed by atoms with E-state index in [1.807, 2.05) is 30.3 Å². The van der Waals surface area contributed by atoms with Crippen molar-refractivity contribution in [3.05, 3.63) is 65.7 Å². The van der Waals surface area contributed by atoms with Crippen LogP contribution in [0.3, 0.4) is 0 Å². The van der Waals surface area contributed by atoms with Gasteiger partial charge in [-0.15, -0.1) is 0 Å². The molecular formula is C21H22F2N2O2. The number of nitrogens with zero attached hydrogens (tertiary/aromatic N) is 2. The first-order valence-corrected chi connectivity index (χ1v) is 9.23. The Morgan fingerprint density at radius 3 is 2.67 bits per heavy atom. The molecule has 0 saturated carbocycles. The van der Waals surface area contributed by atoms with Crippen LogP contribution >= 0.6 is 0 Å². The second kappa shape index (κ2) is 7.74. The zero-order valence-corrected chi connectivity index (χ0v) is 15.0. The molecule has 4 nitrogen and oxygen atoms in total. The van der Waals surface area contributed by atoms with Crippen LogP contribution in [-0.4, -0.2) is 43.2 Å². The molecule has 2 fully saturated rings. The van der Waals surface area contributed by atoms with Crippen LogP contribution in [0.4, 0.5) is 14.5 Å². The minimum absolute atomic E-state index is 0.0250. The highest BCUT2D eigenvalue weighted by Gasteiger charge is 2.36. The van der Waals surface area contributed by atoms with Crippen LogP contribution in [0.5, 0.6) is 0 Å². The summed E-state index contributed by atoms with van der Waals surface area (Å²) < 4.78 is 33.0. The number of rotatable bonds is 3. The number of amides is 1. The summed E-state index contributed by atoms with van der Waals surface area (Å²) in [5.74, 6) is -0.972. The van der Waals surface area contributed by atoms with Crippen molar-refractivity contribution in [3.8, 4) is 0 Å². The van der Waals surface area contributed by atoms with E-state index < -0.39 is 11.6 Å². The fraction of sp³-hybridized carbons (Fsp3) is 0.381. The molecule has 0 aliphatic carbocycles. The normalized spacial score (nSPS) is 23.8. The molecule has 0 aromatic heterocycles. The molecule has 27 heavy (non-hydrogen) atoms. The molecule has 1 amide bonds. The van der Waals surface area contributed by atoms with E-state index in [4.69, 9.17) is 4.74 Å². The Morgan fingerprint density at radius 1 is 1.07 bits per heavy atom. The van der Waals surface area contributed by atoms with Gasteiger partial charge in [-0.25, -0.2) is 8.78 Å². The van der Waals surface area contributed by atoms with Crippen molar-refractivity contribution in [2.24, 2.45) is 5.92 Å². The van der Waals surface area contributed by atoms with Crippen molar-refractivity contribution < 1.29 is 18.3 Å². The third-order valence-electron chi connectivity index (χ3n) is 5.36. The van der Waals surface area contributed by atoms with Crippen molar-refractivity contribution in [2.45, 2.75) is 19.1 Å². The number of carbonyl (C=O) groups is 1. The molecule has 2 aromatic rings. The minimum atomic E-state index is -0.566. The van der Waals surface area contributed by atoms with Crippen LogP contribution in [0, 0.1) is 17.6 Å². The number of piperidine rings is 1. The predicted molar refractivity (Wildman–Crippen MR) is 98.3 cm³/mol. The molecule has 142 valence electrons. The largest absolute Gasteiger partial charge is 0.368 e. The van der Waals surface area contributed by atoms with Crippen LogP contribution < -0.4 is 4.90 Å². The predicted octanol–water partition coefficient (Wildman–Crippen LogP) is 3.22. The van der Waals surface area contributed by atoms with Crippen LogP contribution in [0.25, 0.3) is 0 Å². The van der Waals surface area contributed by atoms with Crippen LogP contribution in [0.15, 0.2) is 48.5 Å². The zero-order chi connectivity index (χ0) is 18.8. The van der Waals surface area contributed by atoms with Gasteiger partial charge in [-0.3, -0.25) is 9.69 Å². The van der Waals surface area contributed by atoms with E-state index in [9.17, 15) is 13.6 Å². The number of carbonyl (C=O) groups excluding carboxylic acids is 1. The molecule has 2 saturated heterocycles. The van der Waals surface area contributed by atoms with E-state index in [0.717, 1.165) is 24.7 Å². The molecule has 2 heterocycles. The van der Waals surface area contributed by atoms with E-state index in [1.54, 1.807) is 4.90 Å². The number of anilines is 1. The molecule has 0 spiro atoms. The molecule has 0 N–H and O–H groups in total. The molecule has 0 unspecified atom stereocenters. The molecule has 4 rings (SSSR count). The van der Waals surface area contributed by atoms with Crippen molar-refractivity contribution in [1.29, 1.82) is 0 Å². The lowest BCUT2D eigenvalue weighted by Crippen LogP contribution is -2.47. The Kier molecular flexibility index (Phi) is 5.18. The summed E-state index contributed by atoms with van der Waals surface area (Å²) in [6.07, 6.45) is 0.820. The van der Waals surface area contributed by atoms with Gasteiger partial charge >= 0.3 is 0 Å². The van der Waals surface area contributed by atoms with Crippen LogP contribution in [0.2, 0.25) is 0 Å². The highest BCUT2D eigenvalue weighted by atomic mass is 19.1. The van der Waals surface area contributed by atoms with Gasteiger partial charge in [0.1, 0.15) is 18.2 Å². The molecular weight excluding hydrogens is 350 g/mol. The summed E-state index contributed by atoms with van der Waals surface area (Å²) >= 11 is 0. The van der Waals surface area contributed by atoms with Crippen LogP contribution in [0.1, 0.15) is 12.0 Å². The Bertz CT molecular complexity index is 815. The average Bonchev–Trinajstić information content (AvgIpc) is 2.84. The lowest BCUT2D eigenvalue weighted by molar-refractivity contribution is -0.124. The van der Waals surface area contributed by atoms with Gasteiger partial charge in [0.05, 0.1) is 6.10 Å². The Morgan fingerprint density at radius 2 is 1.89 bits per heavy atom. The third-order valence-corrected chi connectivity index (χ3v) is 5.36. The van der Waals surface area contributed by atoms with Gasteiger partial charge in [-0.2, -0.15) is 0 Å². The van der Waals surface area contributed by atoms with Gasteiger partial charge in [-0.1, -0.05) is 24.3 Å². The highest BCUT2D eigenvalue weighted by molar-refractivity contribution is 5.94. The fourth-order valence-electron chi connectivity index (χ4n) is 3.97. The molecule has 2 aliphatic heterocycles. The minimum Gasteiger partial charge on any atom is -0.368 e. The molecule has 2 aliphatic rings. The summed E-state index contributed by atoms with van der Waals surface area (Å²) in [4.78, 5) is 16.4. The fourth-order valence-corrected chi connectivity index (χ4v) is 3.97. The Labute approximate surface area is 157 Å². The first kappa shape index (κ1) is 18.1. The molecule has 0 bridgehead atoms. The summed E-state index contributed by atoms with van der Waals surface area (Å²) in [7, 11) is 0. The summed E-state index contributed by atoms with van der Waals surface area (Å²) in [6, 6.07) is 13.3. The number of hydrogen-bond donors (Lipinski definition) is 0. The molecule has 0 radical (unpaired) electrons. The quantitative estimate of drug-likeness (QED) is 0.829. The zero-order valence-electron chi connectivity index (χ0n) is 15.0. The van der Waals surface area contributed by atoms with Gasteiger partial charge in [0.2, 0.25) is 0 Å². The number of fused-ring (bicyclic) bond motifs is 1. The van der Waals surface area contributed by atoms with Gasteiger partial charge in [0, 0.05) is 49.4 Å². The number of likely N-dealkylation sites (tertiary alicyclic amines) is 1. The number of para-hydroxylation sites is 1. The summed E-state index contributed by atoms with van der Waals surface area (Å²) in [5.41, 5.74) is 1.36. The SMILES string of the molecule is O=C1CO[C@H]2CCN(Cc3ccc(F)cc3F)C[C@@H]2CN1c1ccccc1. The summed E-state index contributed by atoms with van der Waals surface area (Å²) in [6.45, 7) is 2.56. The lowest BCUT2D eigenvalue weighted by Gasteiger charge is -2.38. The van der Waals surface area contributed by atoms with Crippen LogP contribution in [-0.2, 0) is 16.1 Å². The standard InChI is InChI=1S/C21H22F2N2O2/c22-17-7-6-15(19(23)10-17)11-24-9-8-20-16(12-24)13-25(21(26)14-27-20)18-4-2-1-3-5-18/h1-7,10,16,20H,8-9,11-14H2/t16-,20+/m1/s1. The lowest BCUT2D eigenvalue weighted by atomic mass is 9.93. The maximum absolute atomic E-state index is 14.0. The Hall–Kier alpha value is -2.31. The van der Waals surface area contributed by atoms with Gasteiger partial charge < -0.3 is 9.64 Å². The maximum atomic E-state index is 14.0. The monoisotopic (exact) mass is 372 g/mol. The number of hydrogen-bond acceptors (Lipinski definition) is 3. The first-order chi connectivity index (χ1) is 13.1. The van der Waals surface area contributed by atoms with E-state index >= 15 is 0 Å². The van der Waals surface area contributed by atoms with Gasteiger partial charge in [0.15, 0.2) is 0 Å². The van der Waals surface area contributed by atoms with Gasteiger partial charge in [0.25, 0.3) is 5.91 Å². The number of ether oxygens (including phenoxy) is 1. The second-order valence-corrected chi connectivity index (χ2v) is 7.21. The van der Waals surface area contributed by atoms with Crippen molar-refractivity contribution in [2.75, 3.05) is 31.1 Å². The molecule has 2 atom stereocenters. The van der Waals surface area contributed by atoms with E-state index in [1.165, 1.54) is 12.1 Å². The number of halogens is 2. The van der Waals surface area contributed by atoms with Crippen molar-refractivity contribution in [1.82, 2.24) is 4.90 Å². The van der Waals surface area contributed by atoms with Crippen molar-refractivity contribution in [3.63, 3.8) is 0 Å². The number of benzene rings is 2. The van der Waals surface area contributed by atoms with E-state index in [0.29, 0.717) is 25.2 Å². The molecule has 6 heteroatoms. The molecule has 2 aromatic carbocycles. The topological polar surface area (TPSA) is 32.8 Å². The highest BCUT2D eigenvalue weighted by Crippen LogP contribution is 2.28. The first-order valence-electron chi connectivity index (χ1n) is 9.23. The van der Waals surface area contributed by atoms with E-state index in [-0.39, 0.29) is 24.5 Å². The van der Waals surface area contributed by atoms with Gasteiger partial charge in [-0.05, 0) is 24.6 Å². The third kappa shape index (κ3) is 4.01. The second-order valence-electron chi connectivity index (χ2n) is 7.21. The summed E-state index contributed by atoms with van der Waals surface area (Å²) in [5, 5.41) is 0.